The van der Waals surface area contributed by atoms with Crippen LogP contribution in [-0.4, -0.2) is 27.7 Å². The van der Waals surface area contributed by atoms with E-state index in [0.29, 0.717) is 17.8 Å². The molecule has 2 heterocycles. The Morgan fingerprint density at radius 3 is 2.94 bits per heavy atom. The lowest BCUT2D eigenvalue weighted by Gasteiger charge is -2.05. The minimum Gasteiger partial charge on any atom is -0.339 e. The molecule has 5 nitrogen and oxygen atoms in total. The summed E-state index contributed by atoms with van der Waals surface area (Å²) >= 11 is 0. The zero-order valence-corrected chi connectivity index (χ0v) is 10.8. The lowest BCUT2D eigenvalue weighted by molar-refractivity contribution is 0.374. The molecule has 2 rings (SSSR count). The second kappa shape index (κ2) is 6.26. The maximum Gasteiger partial charge on any atom is 0.227 e. The number of pyridine rings is 1. The second-order valence-electron chi connectivity index (χ2n) is 4.44. The fourth-order valence-corrected chi connectivity index (χ4v) is 1.59. The van der Waals surface area contributed by atoms with Gasteiger partial charge in [0.05, 0.1) is 0 Å². The molecule has 0 aliphatic rings. The van der Waals surface area contributed by atoms with Gasteiger partial charge in [0.15, 0.2) is 0 Å². The van der Waals surface area contributed by atoms with Gasteiger partial charge in [-0.2, -0.15) is 4.98 Å². The molecule has 0 aromatic carbocycles. The van der Waals surface area contributed by atoms with E-state index in [1.54, 1.807) is 6.20 Å². The number of nitrogens with one attached hydrogen (secondary N) is 1. The highest BCUT2D eigenvalue weighted by Crippen LogP contribution is 2.12. The number of hydrogen-bond acceptors (Lipinski definition) is 5. The van der Waals surface area contributed by atoms with Gasteiger partial charge in [0, 0.05) is 18.7 Å². The van der Waals surface area contributed by atoms with E-state index in [4.69, 9.17) is 4.52 Å². The van der Waals surface area contributed by atoms with Crippen LogP contribution in [0.5, 0.6) is 0 Å². The highest BCUT2D eigenvalue weighted by Gasteiger charge is 2.08. The number of hydrogen-bond donors (Lipinski definition) is 1. The molecule has 0 saturated carbocycles. The molecule has 1 N–H and O–H groups in total. The Hall–Kier alpha value is -1.75. The lowest BCUT2D eigenvalue weighted by atomic mass is 10.3. The van der Waals surface area contributed by atoms with E-state index in [1.807, 2.05) is 18.2 Å². The Bertz CT molecular complexity index is 467. The average molecular weight is 246 g/mol. The van der Waals surface area contributed by atoms with Gasteiger partial charge in [0.2, 0.25) is 11.7 Å². The van der Waals surface area contributed by atoms with E-state index >= 15 is 0 Å². The number of aryl methyl sites for hydroxylation is 1. The van der Waals surface area contributed by atoms with Crippen LogP contribution in [0.2, 0.25) is 0 Å². The summed E-state index contributed by atoms with van der Waals surface area (Å²) in [5, 5.41) is 7.28. The first-order valence-corrected chi connectivity index (χ1v) is 6.23. The summed E-state index contributed by atoms with van der Waals surface area (Å²) in [4.78, 5) is 8.51. The third-order valence-corrected chi connectivity index (χ3v) is 2.48. The van der Waals surface area contributed by atoms with Crippen LogP contribution in [0.4, 0.5) is 0 Å². The van der Waals surface area contributed by atoms with Crippen LogP contribution in [0.3, 0.4) is 0 Å². The molecule has 0 saturated heterocycles. The molecule has 96 valence electrons. The number of aromatic nitrogens is 3. The van der Waals surface area contributed by atoms with Crippen molar-refractivity contribution >= 4 is 0 Å². The molecule has 0 aliphatic heterocycles. The van der Waals surface area contributed by atoms with Gasteiger partial charge < -0.3 is 9.84 Å². The Morgan fingerprint density at radius 1 is 1.33 bits per heavy atom. The summed E-state index contributed by atoms with van der Waals surface area (Å²) in [6, 6.07) is 6.15. The van der Waals surface area contributed by atoms with Crippen molar-refractivity contribution in [3.05, 3.63) is 30.3 Å². The van der Waals surface area contributed by atoms with Crippen molar-refractivity contribution < 1.29 is 4.52 Å². The number of nitrogens with zero attached hydrogens (tertiary/aromatic N) is 3. The van der Waals surface area contributed by atoms with Gasteiger partial charge in [-0.15, -0.1) is 0 Å². The van der Waals surface area contributed by atoms with Crippen LogP contribution < -0.4 is 5.32 Å². The normalized spacial score (nSPS) is 11.1. The van der Waals surface area contributed by atoms with Gasteiger partial charge in [-0.25, -0.2) is 0 Å². The summed E-state index contributed by atoms with van der Waals surface area (Å²) in [5.41, 5.74) is 0.743. The standard InChI is InChI=1S/C13H18N4O/c1-10(2)14-9-5-7-12-16-13(17-18-12)11-6-3-4-8-15-11/h3-4,6,8,10,14H,5,7,9H2,1-2H3. The summed E-state index contributed by atoms with van der Waals surface area (Å²) in [5.74, 6) is 1.23. The SMILES string of the molecule is CC(C)NCCCc1nc(-c2ccccn2)no1. The van der Waals surface area contributed by atoms with E-state index in [-0.39, 0.29) is 0 Å². The predicted octanol–water partition coefficient (Wildman–Crippen LogP) is 2.06. The van der Waals surface area contributed by atoms with Crippen LogP contribution >= 0.6 is 0 Å². The third kappa shape index (κ3) is 3.63. The molecule has 0 fully saturated rings. The Morgan fingerprint density at radius 2 is 2.22 bits per heavy atom. The zero-order valence-electron chi connectivity index (χ0n) is 10.8. The van der Waals surface area contributed by atoms with Crippen LogP contribution in [0.1, 0.15) is 26.2 Å². The molecular weight excluding hydrogens is 228 g/mol. The zero-order chi connectivity index (χ0) is 12.8. The molecule has 2 aromatic rings. The van der Waals surface area contributed by atoms with Crippen molar-refractivity contribution in [2.75, 3.05) is 6.54 Å². The molecule has 5 heteroatoms. The first-order valence-electron chi connectivity index (χ1n) is 6.23. The topological polar surface area (TPSA) is 63.8 Å². The third-order valence-electron chi connectivity index (χ3n) is 2.48. The van der Waals surface area contributed by atoms with Crippen molar-refractivity contribution in [2.24, 2.45) is 0 Å². The van der Waals surface area contributed by atoms with Gasteiger partial charge >= 0.3 is 0 Å². The van der Waals surface area contributed by atoms with E-state index < -0.39 is 0 Å². The van der Waals surface area contributed by atoms with E-state index in [1.165, 1.54) is 0 Å². The van der Waals surface area contributed by atoms with Crippen molar-refractivity contribution in [1.82, 2.24) is 20.4 Å². The van der Waals surface area contributed by atoms with Gasteiger partial charge in [-0.05, 0) is 25.1 Å². The smallest absolute Gasteiger partial charge is 0.227 e. The summed E-state index contributed by atoms with van der Waals surface area (Å²) in [6.07, 6.45) is 3.50. The predicted molar refractivity (Wildman–Crippen MR) is 69.0 cm³/mol. The van der Waals surface area contributed by atoms with Gasteiger partial charge in [-0.1, -0.05) is 25.1 Å². The van der Waals surface area contributed by atoms with Gasteiger partial charge in [0.25, 0.3) is 0 Å². The van der Waals surface area contributed by atoms with E-state index in [9.17, 15) is 0 Å². The molecule has 0 amide bonds. The minimum atomic E-state index is 0.511. The van der Waals surface area contributed by atoms with E-state index in [0.717, 1.165) is 25.1 Å². The maximum atomic E-state index is 5.20. The molecular formula is C13H18N4O. The Kier molecular flexibility index (Phi) is 4.41. The fourth-order valence-electron chi connectivity index (χ4n) is 1.59. The van der Waals surface area contributed by atoms with Crippen molar-refractivity contribution in [3.8, 4) is 11.5 Å². The van der Waals surface area contributed by atoms with Crippen LogP contribution in [0.15, 0.2) is 28.9 Å². The van der Waals surface area contributed by atoms with Crippen LogP contribution in [0, 0.1) is 0 Å². The quantitative estimate of drug-likeness (QED) is 0.790. The summed E-state index contributed by atoms with van der Waals surface area (Å²) in [7, 11) is 0. The lowest BCUT2D eigenvalue weighted by Crippen LogP contribution is -2.23. The molecule has 0 bridgehead atoms. The van der Waals surface area contributed by atoms with Crippen molar-refractivity contribution in [3.63, 3.8) is 0 Å². The molecule has 18 heavy (non-hydrogen) atoms. The Labute approximate surface area is 107 Å². The molecule has 0 spiro atoms. The molecule has 0 atom stereocenters. The first kappa shape index (κ1) is 12.7. The van der Waals surface area contributed by atoms with Crippen molar-refractivity contribution in [2.45, 2.75) is 32.7 Å². The largest absolute Gasteiger partial charge is 0.339 e. The number of rotatable bonds is 6. The van der Waals surface area contributed by atoms with Gasteiger partial charge in [0.1, 0.15) is 5.69 Å². The monoisotopic (exact) mass is 246 g/mol. The highest BCUT2D eigenvalue weighted by molar-refractivity contribution is 5.46. The van der Waals surface area contributed by atoms with Crippen LogP contribution in [0.25, 0.3) is 11.5 Å². The Balaban J connectivity index is 1.87. The van der Waals surface area contributed by atoms with Gasteiger partial charge in [-0.3, -0.25) is 4.98 Å². The fraction of sp³-hybridized carbons (Fsp3) is 0.462. The van der Waals surface area contributed by atoms with Crippen molar-refractivity contribution in [1.29, 1.82) is 0 Å². The second-order valence-corrected chi connectivity index (χ2v) is 4.44. The molecule has 0 radical (unpaired) electrons. The first-order chi connectivity index (χ1) is 8.75. The summed E-state index contributed by atoms with van der Waals surface area (Å²) < 4.78 is 5.20. The molecule has 2 aromatic heterocycles. The average Bonchev–Trinajstić information content (AvgIpc) is 2.84. The molecule has 0 unspecified atom stereocenters. The van der Waals surface area contributed by atoms with E-state index in [2.05, 4.69) is 34.3 Å². The molecule has 0 aliphatic carbocycles. The van der Waals surface area contributed by atoms with Crippen LogP contribution in [-0.2, 0) is 6.42 Å². The minimum absolute atomic E-state index is 0.511. The summed E-state index contributed by atoms with van der Waals surface area (Å²) in [6.45, 7) is 5.22. The highest BCUT2D eigenvalue weighted by atomic mass is 16.5. The maximum absolute atomic E-state index is 5.20.